The van der Waals surface area contributed by atoms with Crippen molar-refractivity contribution in [3.63, 3.8) is 0 Å². The third kappa shape index (κ3) is 2.62. The van der Waals surface area contributed by atoms with Crippen LogP contribution in [-0.2, 0) is 18.4 Å². The lowest BCUT2D eigenvalue weighted by atomic mass is 10.2. The van der Waals surface area contributed by atoms with Gasteiger partial charge >= 0.3 is 5.97 Å². The third-order valence-corrected chi connectivity index (χ3v) is 4.78. The van der Waals surface area contributed by atoms with E-state index in [1.807, 2.05) is 19.4 Å². The standard InChI is InChI=1S/C14H17N3O2S/c1-16-8-10(7-15-16)13-5-4-11(20-13)9-17-6-2-3-12(17)14(18)19/h4-5,7-8,12H,2-3,6,9H2,1H3,(H,18,19)/t12-/m1/s1. The second-order valence-corrected chi connectivity index (χ2v) is 6.30. The van der Waals surface area contributed by atoms with E-state index < -0.39 is 5.97 Å². The molecule has 6 heteroatoms. The molecule has 1 fully saturated rings. The van der Waals surface area contributed by atoms with Gasteiger partial charge in [0.25, 0.3) is 0 Å². The fraction of sp³-hybridized carbons (Fsp3) is 0.429. The maximum Gasteiger partial charge on any atom is 0.320 e. The van der Waals surface area contributed by atoms with Crippen LogP contribution in [0.5, 0.6) is 0 Å². The van der Waals surface area contributed by atoms with Crippen LogP contribution in [0.3, 0.4) is 0 Å². The minimum absolute atomic E-state index is 0.320. The summed E-state index contributed by atoms with van der Waals surface area (Å²) in [6, 6.07) is 3.85. The molecule has 0 radical (unpaired) electrons. The molecule has 3 heterocycles. The Bertz CT molecular complexity index is 619. The second kappa shape index (κ2) is 5.38. The van der Waals surface area contributed by atoms with Crippen molar-refractivity contribution in [1.82, 2.24) is 14.7 Å². The van der Waals surface area contributed by atoms with Crippen molar-refractivity contribution >= 4 is 17.3 Å². The Balaban J connectivity index is 1.73. The molecule has 0 spiro atoms. The number of hydrogen-bond acceptors (Lipinski definition) is 4. The zero-order valence-electron chi connectivity index (χ0n) is 11.3. The molecule has 2 aromatic rings. The average molecular weight is 291 g/mol. The third-order valence-electron chi connectivity index (χ3n) is 3.66. The lowest BCUT2D eigenvalue weighted by molar-refractivity contribution is -0.142. The minimum atomic E-state index is -0.702. The molecule has 1 atom stereocenters. The van der Waals surface area contributed by atoms with Crippen LogP contribution in [0.4, 0.5) is 0 Å². The Morgan fingerprint density at radius 3 is 3.10 bits per heavy atom. The predicted molar refractivity (Wildman–Crippen MR) is 77.6 cm³/mol. The molecule has 106 valence electrons. The van der Waals surface area contributed by atoms with Gasteiger partial charge in [-0.3, -0.25) is 14.4 Å². The fourth-order valence-corrected chi connectivity index (χ4v) is 3.67. The van der Waals surface area contributed by atoms with Gasteiger partial charge in [0.05, 0.1) is 6.20 Å². The number of nitrogens with zero attached hydrogens (tertiary/aromatic N) is 3. The van der Waals surface area contributed by atoms with E-state index in [1.165, 1.54) is 9.75 Å². The van der Waals surface area contributed by atoms with E-state index in [0.29, 0.717) is 0 Å². The Morgan fingerprint density at radius 1 is 1.55 bits per heavy atom. The van der Waals surface area contributed by atoms with Gasteiger partial charge in [-0.25, -0.2) is 0 Å². The van der Waals surface area contributed by atoms with Gasteiger partial charge in [0.1, 0.15) is 6.04 Å². The topological polar surface area (TPSA) is 58.4 Å². The summed E-state index contributed by atoms with van der Waals surface area (Å²) in [6.07, 6.45) is 5.57. The number of hydrogen-bond donors (Lipinski definition) is 1. The van der Waals surface area contributed by atoms with E-state index in [1.54, 1.807) is 16.0 Å². The molecule has 1 aliphatic heterocycles. The van der Waals surface area contributed by atoms with Gasteiger partial charge in [-0.1, -0.05) is 0 Å². The van der Waals surface area contributed by atoms with E-state index >= 15 is 0 Å². The van der Waals surface area contributed by atoms with E-state index in [2.05, 4.69) is 22.1 Å². The van der Waals surface area contributed by atoms with E-state index in [4.69, 9.17) is 0 Å². The van der Waals surface area contributed by atoms with Crippen molar-refractivity contribution < 1.29 is 9.90 Å². The molecule has 0 bridgehead atoms. The number of aromatic nitrogens is 2. The van der Waals surface area contributed by atoms with Crippen LogP contribution < -0.4 is 0 Å². The van der Waals surface area contributed by atoms with Crippen molar-refractivity contribution in [2.75, 3.05) is 6.54 Å². The molecule has 20 heavy (non-hydrogen) atoms. The molecule has 0 aliphatic carbocycles. The number of rotatable bonds is 4. The predicted octanol–water partition coefficient (Wildman–Crippen LogP) is 2.20. The van der Waals surface area contributed by atoms with Crippen LogP contribution in [0.25, 0.3) is 10.4 Å². The van der Waals surface area contributed by atoms with Crippen LogP contribution in [0, 0.1) is 0 Å². The van der Waals surface area contributed by atoms with Crippen LogP contribution in [0.1, 0.15) is 17.7 Å². The Kier molecular flexibility index (Phi) is 3.58. The van der Waals surface area contributed by atoms with Crippen molar-refractivity contribution in [3.8, 4) is 10.4 Å². The first-order valence-electron chi connectivity index (χ1n) is 6.68. The van der Waals surface area contributed by atoms with E-state index in [9.17, 15) is 9.90 Å². The van der Waals surface area contributed by atoms with E-state index in [0.717, 1.165) is 31.5 Å². The van der Waals surface area contributed by atoms with Crippen LogP contribution in [-0.4, -0.2) is 38.3 Å². The maximum absolute atomic E-state index is 11.2. The van der Waals surface area contributed by atoms with Crippen LogP contribution >= 0.6 is 11.3 Å². The number of likely N-dealkylation sites (tertiary alicyclic amines) is 1. The first-order valence-corrected chi connectivity index (χ1v) is 7.50. The summed E-state index contributed by atoms with van der Waals surface area (Å²) in [6.45, 7) is 1.60. The van der Waals surface area contributed by atoms with Gasteiger partial charge in [0.15, 0.2) is 0 Å². The molecule has 1 saturated heterocycles. The molecule has 1 N–H and O–H groups in total. The molecular formula is C14H17N3O2S. The van der Waals surface area contributed by atoms with Gasteiger partial charge in [-0.2, -0.15) is 5.10 Å². The van der Waals surface area contributed by atoms with Crippen LogP contribution in [0.2, 0.25) is 0 Å². The number of carboxylic acid groups (broad SMARTS) is 1. The summed E-state index contributed by atoms with van der Waals surface area (Å²) in [5, 5.41) is 13.4. The number of aliphatic carboxylic acids is 1. The van der Waals surface area contributed by atoms with Crippen molar-refractivity contribution in [1.29, 1.82) is 0 Å². The minimum Gasteiger partial charge on any atom is -0.480 e. The summed E-state index contributed by atoms with van der Waals surface area (Å²) >= 11 is 1.71. The smallest absolute Gasteiger partial charge is 0.320 e. The maximum atomic E-state index is 11.2. The molecule has 5 nitrogen and oxygen atoms in total. The molecule has 0 saturated carbocycles. The van der Waals surface area contributed by atoms with Gasteiger partial charge in [-0.15, -0.1) is 11.3 Å². The van der Waals surface area contributed by atoms with Gasteiger partial charge < -0.3 is 5.11 Å². The van der Waals surface area contributed by atoms with Gasteiger partial charge in [-0.05, 0) is 31.5 Å². The van der Waals surface area contributed by atoms with Crippen LogP contribution in [0.15, 0.2) is 24.5 Å². The first kappa shape index (κ1) is 13.3. The Labute approximate surface area is 121 Å². The summed E-state index contributed by atoms with van der Waals surface area (Å²) in [4.78, 5) is 15.6. The summed E-state index contributed by atoms with van der Waals surface area (Å²) in [5.41, 5.74) is 1.11. The molecule has 0 aromatic carbocycles. The van der Waals surface area contributed by atoms with Crippen molar-refractivity contribution in [2.24, 2.45) is 7.05 Å². The summed E-state index contributed by atoms with van der Waals surface area (Å²) in [7, 11) is 1.90. The molecule has 1 aliphatic rings. The highest BCUT2D eigenvalue weighted by atomic mass is 32.1. The SMILES string of the molecule is Cn1cc(-c2ccc(CN3CCC[C@@H]3C(=O)O)s2)cn1. The molecule has 0 unspecified atom stereocenters. The zero-order chi connectivity index (χ0) is 14.1. The molecule has 2 aromatic heterocycles. The highest BCUT2D eigenvalue weighted by molar-refractivity contribution is 7.15. The number of carbonyl (C=O) groups is 1. The number of thiophene rings is 1. The lowest BCUT2D eigenvalue weighted by Crippen LogP contribution is -2.35. The molecule has 3 rings (SSSR count). The van der Waals surface area contributed by atoms with Crippen molar-refractivity contribution in [2.45, 2.75) is 25.4 Å². The Morgan fingerprint density at radius 2 is 2.40 bits per heavy atom. The second-order valence-electron chi connectivity index (χ2n) is 5.14. The quantitative estimate of drug-likeness (QED) is 0.938. The Hall–Kier alpha value is -1.66. The fourth-order valence-electron chi connectivity index (χ4n) is 2.66. The highest BCUT2D eigenvalue weighted by Crippen LogP contribution is 2.30. The monoisotopic (exact) mass is 291 g/mol. The molecule has 0 amide bonds. The number of aryl methyl sites for hydroxylation is 1. The largest absolute Gasteiger partial charge is 0.480 e. The first-order chi connectivity index (χ1) is 9.63. The summed E-state index contributed by atoms with van der Waals surface area (Å²) < 4.78 is 1.79. The summed E-state index contributed by atoms with van der Waals surface area (Å²) in [5.74, 6) is -0.702. The zero-order valence-corrected chi connectivity index (χ0v) is 12.1. The normalized spacial score (nSPS) is 19.6. The van der Waals surface area contributed by atoms with Crippen molar-refractivity contribution in [3.05, 3.63) is 29.4 Å². The van der Waals surface area contributed by atoms with Gasteiger partial charge in [0.2, 0.25) is 0 Å². The molecular weight excluding hydrogens is 274 g/mol. The van der Waals surface area contributed by atoms with E-state index in [-0.39, 0.29) is 6.04 Å². The lowest BCUT2D eigenvalue weighted by Gasteiger charge is -2.19. The average Bonchev–Trinajstić information content (AvgIpc) is 3.09. The number of carboxylic acids is 1. The van der Waals surface area contributed by atoms with Gasteiger partial charge in [0, 0.05) is 35.1 Å². The highest BCUT2D eigenvalue weighted by Gasteiger charge is 2.30.